The van der Waals surface area contributed by atoms with Gasteiger partial charge in [-0.1, -0.05) is 41.9 Å². The Kier molecular flexibility index (Phi) is 4.60. The Morgan fingerprint density at radius 1 is 1.09 bits per heavy atom. The van der Waals surface area contributed by atoms with E-state index in [1.165, 1.54) is 11.1 Å². The minimum atomic E-state index is -2.48. The van der Waals surface area contributed by atoms with Crippen molar-refractivity contribution in [2.75, 3.05) is 6.61 Å². The van der Waals surface area contributed by atoms with Gasteiger partial charge in [0.2, 0.25) is 0 Å². The second-order valence-electron chi connectivity index (χ2n) is 5.37. The second-order valence-corrected chi connectivity index (χ2v) is 5.78. The molecule has 2 aromatic carbocycles. The maximum Gasteiger partial charge on any atom is 0.272 e. The lowest BCUT2D eigenvalue weighted by Crippen LogP contribution is -2.16. The van der Waals surface area contributed by atoms with Crippen molar-refractivity contribution in [2.24, 2.45) is 0 Å². The zero-order chi connectivity index (χ0) is 15.5. The predicted octanol–water partition coefficient (Wildman–Crippen LogP) is 4.50. The van der Waals surface area contributed by atoms with E-state index >= 15 is 0 Å². The van der Waals surface area contributed by atoms with E-state index in [1.807, 2.05) is 18.2 Å². The third-order valence-electron chi connectivity index (χ3n) is 3.70. The standard InChI is InChI=1S/C17H16ClF2NO/c18-16-7-15(22-11-17(19)20)6-5-14(16)10-21-8-12-3-1-2-4-13(12)9-21/h1-7,17H,8-11H2. The van der Waals surface area contributed by atoms with Crippen LogP contribution >= 0.6 is 11.6 Å². The zero-order valence-corrected chi connectivity index (χ0v) is 12.7. The zero-order valence-electron chi connectivity index (χ0n) is 11.9. The number of hydrogen-bond acceptors (Lipinski definition) is 2. The third-order valence-corrected chi connectivity index (χ3v) is 4.05. The van der Waals surface area contributed by atoms with Crippen LogP contribution in [0.25, 0.3) is 0 Å². The number of benzene rings is 2. The van der Waals surface area contributed by atoms with Gasteiger partial charge >= 0.3 is 0 Å². The highest BCUT2D eigenvalue weighted by Crippen LogP contribution is 2.28. The molecule has 0 radical (unpaired) electrons. The van der Waals surface area contributed by atoms with Crippen molar-refractivity contribution >= 4 is 11.6 Å². The molecular weight excluding hydrogens is 308 g/mol. The summed E-state index contributed by atoms with van der Waals surface area (Å²) in [5.74, 6) is 0.374. The van der Waals surface area contributed by atoms with Crippen molar-refractivity contribution in [1.82, 2.24) is 4.90 Å². The molecule has 22 heavy (non-hydrogen) atoms. The maximum atomic E-state index is 12.1. The Morgan fingerprint density at radius 2 is 1.77 bits per heavy atom. The molecule has 1 aliphatic rings. The van der Waals surface area contributed by atoms with Gasteiger partial charge in [-0.2, -0.15) is 0 Å². The van der Waals surface area contributed by atoms with Crippen LogP contribution < -0.4 is 4.74 Å². The molecule has 1 heterocycles. The molecule has 0 saturated heterocycles. The minimum Gasteiger partial charge on any atom is -0.488 e. The molecule has 5 heteroatoms. The first-order valence-electron chi connectivity index (χ1n) is 7.10. The molecule has 0 bridgehead atoms. The molecule has 2 aromatic rings. The van der Waals surface area contributed by atoms with Gasteiger partial charge in [0.05, 0.1) is 0 Å². The topological polar surface area (TPSA) is 12.5 Å². The van der Waals surface area contributed by atoms with Crippen LogP contribution in [-0.4, -0.2) is 17.9 Å². The van der Waals surface area contributed by atoms with Crippen molar-refractivity contribution in [3.8, 4) is 5.75 Å². The Labute approximate surface area is 133 Å². The second kappa shape index (κ2) is 6.63. The molecular formula is C17H16ClF2NO. The van der Waals surface area contributed by atoms with Gasteiger partial charge in [0.25, 0.3) is 6.43 Å². The van der Waals surface area contributed by atoms with E-state index in [0.29, 0.717) is 10.8 Å². The molecule has 0 saturated carbocycles. The fourth-order valence-electron chi connectivity index (χ4n) is 2.66. The summed E-state index contributed by atoms with van der Waals surface area (Å²) in [7, 11) is 0. The lowest BCUT2D eigenvalue weighted by atomic mass is 10.1. The van der Waals surface area contributed by atoms with E-state index in [2.05, 4.69) is 17.0 Å². The SMILES string of the molecule is FC(F)COc1ccc(CN2Cc3ccccc3C2)c(Cl)c1. The van der Waals surface area contributed by atoms with Gasteiger partial charge in [0.1, 0.15) is 12.4 Å². The number of halogens is 3. The van der Waals surface area contributed by atoms with Crippen LogP contribution in [0.15, 0.2) is 42.5 Å². The van der Waals surface area contributed by atoms with Crippen LogP contribution in [0.5, 0.6) is 5.75 Å². The highest BCUT2D eigenvalue weighted by atomic mass is 35.5. The Morgan fingerprint density at radius 3 is 2.36 bits per heavy atom. The molecule has 0 spiro atoms. The average Bonchev–Trinajstić information content (AvgIpc) is 2.90. The van der Waals surface area contributed by atoms with Crippen LogP contribution in [0, 0.1) is 0 Å². The molecule has 0 atom stereocenters. The van der Waals surface area contributed by atoms with Gasteiger partial charge in [-0.25, -0.2) is 8.78 Å². The van der Waals surface area contributed by atoms with Crippen LogP contribution in [0.4, 0.5) is 8.78 Å². The number of nitrogens with zero attached hydrogens (tertiary/aromatic N) is 1. The van der Waals surface area contributed by atoms with Gasteiger partial charge in [-0.15, -0.1) is 0 Å². The van der Waals surface area contributed by atoms with E-state index < -0.39 is 13.0 Å². The summed E-state index contributed by atoms with van der Waals surface area (Å²) in [4.78, 5) is 2.30. The van der Waals surface area contributed by atoms with Gasteiger partial charge in [0, 0.05) is 24.7 Å². The molecule has 116 valence electrons. The highest BCUT2D eigenvalue weighted by Gasteiger charge is 2.19. The molecule has 0 aliphatic carbocycles. The summed E-state index contributed by atoms with van der Waals surface area (Å²) < 4.78 is 29.2. The largest absolute Gasteiger partial charge is 0.488 e. The van der Waals surface area contributed by atoms with E-state index in [1.54, 1.807) is 12.1 Å². The molecule has 0 N–H and O–H groups in total. The summed E-state index contributed by atoms with van der Waals surface area (Å²) in [5.41, 5.74) is 3.66. The quantitative estimate of drug-likeness (QED) is 0.803. The maximum absolute atomic E-state index is 12.1. The molecule has 3 rings (SSSR count). The first-order chi connectivity index (χ1) is 10.6. The van der Waals surface area contributed by atoms with Crippen LogP contribution in [0.1, 0.15) is 16.7 Å². The van der Waals surface area contributed by atoms with Crippen molar-refractivity contribution in [1.29, 1.82) is 0 Å². The smallest absolute Gasteiger partial charge is 0.272 e. The molecule has 0 amide bonds. The monoisotopic (exact) mass is 323 g/mol. The number of ether oxygens (including phenoxy) is 1. The van der Waals surface area contributed by atoms with Crippen molar-refractivity contribution < 1.29 is 13.5 Å². The van der Waals surface area contributed by atoms with Crippen molar-refractivity contribution in [3.05, 3.63) is 64.2 Å². The van der Waals surface area contributed by atoms with Gasteiger partial charge in [-0.05, 0) is 28.8 Å². The molecule has 2 nitrogen and oxygen atoms in total. The fraction of sp³-hybridized carbons (Fsp3) is 0.294. The Bertz CT molecular complexity index is 638. The molecule has 0 aromatic heterocycles. The van der Waals surface area contributed by atoms with E-state index in [0.717, 1.165) is 25.2 Å². The van der Waals surface area contributed by atoms with E-state index in [-0.39, 0.29) is 0 Å². The van der Waals surface area contributed by atoms with Gasteiger partial charge < -0.3 is 4.74 Å². The minimum absolute atomic E-state index is 0.374. The molecule has 1 aliphatic heterocycles. The lowest BCUT2D eigenvalue weighted by molar-refractivity contribution is 0.0819. The Hall–Kier alpha value is -1.65. The summed E-state index contributed by atoms with van der Waals surface area (Å²) in [6.07, 6.45) is -2.48. The van der Waals surface area contributed by atoms with Crippen molar-refractivity contribution in [3.63, 3.8) is 0 Å². The highest BCUT2D eigenvalue weighted by molar-refractivity contribution is 6.31. The Balaban J connectivity index is 1.64. The van der Waals surface area contributed by atoms with Crippen LogP contribution in [0.3, 0.4) is 0 Å². The lowest BCUT2D eigenvalue weighted by Gasteiger charge is -2.16. The first-order valence-corrected chi connectivity index (χ1v) is 7.48. The number of rotatable bonds is 5. The van der Waals surface area contributed by atoms with Gasteiger partial charge in [0.15, 0.2) is 0 Å². The average molecular weight is 324 g/mol. The van der Waals surface area contributed by atoms with E-state index in [4.69, 9.17) is 16.3 Å². The van der Waals surface area contributed by atoms with E-state index in [9.17, 15) is 8.78 Å². The van der Waals surface area contributed by atoms with Gasteiger partial charge in [-0.3, -0.25) is 4.90 Å². The molecule has 0 unspecified atom stereocenters. The summed E-state index contributed by atoms with van der Waals surface area (Å²) in [6, 6.07) is 13.5. The number of hydrogen-bond donors (Lipinski definition) is 0. The fourth-order valence-corrected chi connectivity index (χ4v) is 2.89. The summed E-state index contributed by atoms with van der Waals surface area (Å²) in [5, 5.41) is 0.544. The number of alkyl halides is 2. The predicted molar refractivity (Wildman–Crippen MR) is 82.3 cm³/mol. The third kappa shape index (κ3) is 3.57. The van der Waals surface area contributed by atoms with Crippen LogP contribution in [0.2, 0.25) is 5.02 Å². The van der Waals surface area contributed by atoms with Crippen LogP contribution in [-0.2, 0) is 19.6 Å². The summed E-state index contributed by atoms with van der Waals surface area (Å²) in [6.45, 7) is 1.91. The number of fused-ring (bicyclic) bond motifs is 1. The van der Waals surface area contributed by atoms with Crippen molar-refractivity contribution in [2.45, 2.75) is 26.1 Å². The molecule has 0 fully saturated rings. The first kappa shape index (κ1) is 15.3. The normalized spacial score (nSPS) is 14.4. The summed E-state index contributed by atoms with van der Waals surface area (Å²) >= 11 is 6.24.